The molecular formula is C25H26. The van der Waals surface area contributed by atoms with Gasteiger partial charge in [0, 0.05) is 22.6 Å². The van der Waals surface area contributed by atoms with Crippen LogP contribution in [0.2, 0.25) is 0 Å². The zero-order chi connectivity index (χ0) is 17.6. The Morgan fingerprint density at radius 1 is 0.760 bits per heavy atom. The standard InChI is InChI=1S/C25H26/c1-19-4-7-22(8-5-19)9-10-23-11-13-24(14-12-23)15-17-25-16-6-20(2)18-21(25)3/h6,11-14,16,18-19,22H,4-5,7-8H2,1-3H3. The van der Waals surface area contributed by atoms with Gasteiger partial charge >= 0.3 is 0 Å². The van der Waals surface area contributed by atoms with Gasteiger partial charge in [-0.2, -0.15) is 0 Å². The van der Waals surface area contributed by atoms with Gasteiger partial charge < -0.3 is 0 Å². The molecule has 0 aliphatic heterocycles. The summed E-state index contributed by atoms with van der Waals surface area (Å²) in [4.78, 5) is 0. The van der Waals surface area contributed by atoms with Crippen LogP contribution in [-0.2, 0) is 0 Å². The van der Waals surface area contributed by atoms with Gasteiger partial charge in [-0.1, -0.05) is 48.3 Å². The van der Waals surface area contributed by atoms with Crippen molar-refractivity contribution < 1.29 is 0 Å². The van der Waals surface area contributed by atoms with Gasteiger partial charge in [0.1, 0.15) is 0 Å². The van der Waals surface area contributed by atoms with Gasteiger partial charge in [0.25, 0.3) is 0 Å². The summed E-state index contributed by atoms with van der Waals surface area (Å²) in [6, 6.07) is 14.7. The molecule has 0 aromatic heterocycles. The molecular weight excluding hydrogens is 300 g/mol. The Morgan fingerprint density at radius 3 is 2.04 bits per heavy atom. The largest absolute Gasteiger partial charge is 0.0945 e. The summed E-state index contributed by atoms with van der Waals surface area (Å²) < 4.78 is 0. The molecule has 0 radical (unpaired) electrons. The highest BCUT2D eigenvalue weighted by Gasteiger charge is 2.15. The Bertz CT molecular complexity index is 839. The fraction of sp³-hybridized carbons (Fsp3) is 0.360. The molecule has 25 heavy (non-hydrogen) atoms. The Kier molecular flexibility index (Phi) is 5.63. The van der Waals surface area contributed by atoms with Gasteiger partial charge in [-0.05, 0) is 81.3 Å². The molecule has 0 unspecified atom stereocenters. The van der Waals surface area contributed by atoms with E-state index in [1.54, 1.807) is 0 Å². The first-order chi connectivity index (χ1) is 12.1. The first kappa shape index (κ1) is 17.4. The predicted octanol–water partition coefficient (Wildman–Crippen LogP) is 5.88. The second-order valence-corrected chi connectivity index (χ2v) is 7.37. The topological polar surface area (TPSA) is 0 Å². The maximum atomic E-state index is 3.46. The van der Waals surface area contributed by atoms with Crippen molar-refractivity contribution in [3.05, 3.63) is 70.3 Å². The number of rotatable bonds is 0. The molecule has 1 fully saturated rings. The van der Waals surface area contributed by atoms with Crippen molar-refractivity contribution in [2.45, 2.75) is 46.5 Å². The summed E-state index contributed by atoms with van der Waals surface area (Å²) in [7, 11) is 0. The van der Waals surface area contributed by atoms with E-state index in [1.165, 1.54) is 36.8 Å². The molecule has 2 aromatic carbocycles. The van der Waals surface area contributed by atoms with E-state index in [4.69, 9.17) is 0 Å². The monoisotopic (exact) mass is 326 g/mol. The number of aryl methyl sites for hydroxylation is 2. The summed E-state index contributed by atoms with van der Waals surface area (Å²) >= 11 is 0. The minimum atomic E-state index is 0.584. The van der Waals surface area contributed by atoms with Gasteiger partial charge in [0.05, 0.1) is 0 Å². The maximum Gasteiger partial charge on any atom is 0.0278 e. The van der Waals surface area contributed by atoms with E-state index >= 15 is 0 Å². The van der Waals surface area contributed by atoms with Crippen LogP contribution in [0, 0.1) is 49.4 Å². The van der Waals surface area contributed by atoms with Gasteiger partial charge in [0.2, 0.25) is 0 Å². The predicted molar refractivity (Wildman–Crippen MR) is 106 cm³/mol. The van der Waals surface area contributed by atoms with Crippen LogP contribution >= 0.6 is 0 Å². The summed E-state index contributed by atoms with van der Waals surface area (Å²) in [6.45, 7) is 6.57. The average Bonchev–Trinajstić information content (AvgIpc) is 2.61. The van der Waals surface area contributed by atoms with Crippen LogP contribution in [0.15, 0.2) is 42.5 Å². The zero-order valence-electron chi connectivity index (χ0n) is 15.5. The van der Waals surface area contributed by atoms with Crippen LogP contribution in [0.5, 0.6) is 0 Å². The smallest absolute Gasteiger partial charge is 0.0278 e. The molecule has 126 valence electrons. The lowest BCUT2D eigenvalue weighted by molar-refractivity contribution is 0.337. The second kappa shape index (κ2) is 8.09. The molecule has 0 heterocycles. The lowest BCUT2D eigenvalue weighted by Crippen LogP contribution is -2.10. The molecule has 3 rings (SSSR count). The van der Waals surface area contributed by atoms with Crippen LogP contribution in [-0.4, -0.2) is 0 Å². The van der Waals surface area contributed by atoms with Crippen molar-refractivity contribution in [1.82, 2.24) is 0 Å². The van der Waals surface area contributed by atoms with Gasteiger partial charge in [-0.3, -0.25) is 0 Å². The van der Waals surface area contributed by atoms with Crippen molar-refractivity contribution in [2.24, 2.45) is 11.8 Å². The summed E-state index contributed by atoms with van der Waals surface area (Å²) in [6.07, 6.45) is 5.17. The van der Waals surface area contributed by atoms with E-state index in [-0.39, 0.29) is 0 Å². The summed E-state index contributed by atoms with van der Waals surface area (Å²) in [5.41, 5.74) is 5.74. The highest BCUT2D eigenvalue weighted by molar-refractivity contribution is 5.48. The third-order valence-corrected chi connectivity index (χ3v) is 5.04. The molecule has 0 nitrogen and oxygen atoms in total. The normalized spacial score (nSPS) is 19.3. The number of hydrogen-bond donors (Lipinski definition) is 0. The highest BCUT2D eigenvalue weighted by atomic mass is 14.2. The number of hydrogen-bond acceptors (Lipinski definition) is 0. The van der Waals surface area contributed by atoms with Crippen LogP contribution in [0.4, 0.5) is 0 Å². The Labute approximate surface area is 152 Å². The Balaban J connectivity index is 1.66. The van der Waals surface area contributed by atoms with E-state index in [1.807, 2.05) is 0 Å². The SMILES string of the molecule is Cc1ccc(C#Cc2ccc(C#CC3CCC(C)CC3)cc2)c(C)c1. The van der Waals surface area contributed by atoms with Crippen molar-refractivity contribution >= 4 is 0 Å². The van der Waals surface area contributed by atoms with E-state index in [9.17, 15) is 0 Å². The van der Waals surface area contributed by atoms with Crippen LogP contribution in [0.3, 0.4) is 0 Å². The molecule has 0 amide bonds. The fourth-order valence-corrected chi connectivity index (χ4v) is 3.32. The lowest BCUT2D eigenvalue weighted by atomic mass is 9.83. The minimum absolute atomic E-state index is 0.584. The van der Waals surface area contributed by atoms with Crippen LogP contribution in [0.25, 0.3) is 0 Å². The number of benzene rings is 2. The summed E-state index contributed by atoms with van der Waals surface area (Å²) in [5.74, 6) is 14.8. The molecule has 0 spiro atoms. The molecule has 1 aliphatic carbocycles. The van der Waals surface area contributed by atoms with Gasteiger partial charge in [-0.25, -0.2) is 0 Å². The highest BCUT2D eigenvalue weighted by Crippen LogP contribution is 2.27. The fourth-order valence-electron chi connectivity index (χ4n) is 3.32. The van der Waals surface area contributed by atoms with E-state index in [0.717, 1.165) is 22.6 Å². The van der Waals surface area contributed by atoms with Crippen LogP contribution < -0.4 is 0 Å². The van der Waals surface area contributed by atoms with Gasteiger partial charge in [0.15, 0.2) is 0 Å². The van der Waals surface area contributed by atoms with Gasteiger partial charge in [-0.15, -0.1) is 0 Å². The molecule has 0 saturated heterocycles. The van der Waals surface area contributed by atoms with Crippen molar-refractivity contribution in [3.8, 4) is 23.7 Å². The minimum Gasteiger partial charge on any atom is -0.0945 e. The summed E-state index contributed by atoms with van der Waals surface area (Å²) in [5, 5.41) is 0. The molecule has 0 N–H and O–H groups in total. The molecule has 1 aliphatic rings. The molecule has 2 aromatic rings. The average molecular weight is 326 g/mol. The Hall–Kier alpha value is -2.44. The molecule has 0 heteroatoms. The maximum absolute atomic E-state index is 3.46. The molecule has 1 saturated carbocycles. The first-order valence-corrected chi connectivity index (χ1v) is 9.31. The second-order valence-electron chi connectivity index (χ2n) is 7.37. The molecule has 0 bridgehead atoms. The molecule has 0 atom stereocenters. The van der Waals surface area contributed by atoms with E-state index in [2.05, 4.69) is 86.9 Å². The van der Waals surface area contributed by atoms with Crippen molar-refractivity contribution in [1.29, 1.82) is 0 Å². The zero-order valence-corrected chi connectivity index (χ0v) is 15.5. The van der Waals surface area contributed by atoms with Crippen molar-refractivity contribution in [3.63, 3.8) is 0 Å². The third-order valence-electron chi connectivity index (χ3n) is 5.04. The first-order valence-electron chi connectivity index (χ1n) is 9.31. The third kappa shape index (κ3) is 5.01. The quantitative estimate of drug-likeness (QED) is 0.530. The van der Waals surface area contributed by atoms with E-state index in [0.29, 0.717) is 5.92 Å². The lowest BCUT2D eigenvalue weighted by Gasteiger charge is -2.21. The van der Waals surface area contributed by atoms with Crippen LogP contribution in [0.1, 0.15) is 60.4 Å². The Morgan fingerprint density at radius 2 is 1.40 bits per heavy atom. The van der Waals surface area contributed by atoms with E-state index < -0.39 is 0 Å². The van der Waals surface area contributed by atoms with Crippen molar-refractivity contribution in [2.75, 3.05) is 0 Å².